The first-order valence-corrected chi connectivity index (χ1v) is 5.49. The van der Waals surface area contributed by atoms with Gasteiger partial charge in [0.2, 0.25) is 0 Å². The zero-order chi connectivity index (χ0) is 10.3. The summed E-state index contributed by atoms with van der Waals surface area (Å²) in [4.78, 5) is 4.50. The normalized spacial score (nSPS) is 10.9. The predicted octanol–water partition coefficient (Wildman–Crippen LogP) is 4.27. The van der Waals surface area contributed by atoms with Crippen LogP contribution in [0, 0.1) is 13.8 Å². The Bertz CT molecular complexity index is 508. The van der Waals surface area contributed by atoms with E-state index in [-0.39, 0.29) is 0 Å². The second kappa shape index (κ2) is 3.52. The number of aryl methyl sites for hydroxylation is 2. The molecule has 1 aromatic carbocycles. The smallest absolute Gasteiger partial charge is 0.0750 e. The first-order chi connectivity index (χ1) is 6.61. The molecule has 1 aromatic heterocycles. The molecule has 0 saturated carbocycles. The summed E-state index contributed by atoms with van der Waals surface area (Å²) in [5, 5.41) is 1.75. The van der Waals surface area contributed by atoms with Gasteiger partial charge >= 0.3 is 0 Å². The summed E-state index contributed by atoms with van der Waals surface area (Å²) >= 11 is 9.65. The number of fused-ring (bicyclic) bond motifs is 1. The van der Waals surface area contributed by atoms with E-state index in [1.54, 1.807) is 0 Å². The number of halogens is 2. The number of hydrogen-bond acceptors (Lipinski definition) is 1. The lowest BCUT2D eigenvalue weighted by molar-refractivity contribution is 1.22. The molecule has 14 heavy (non-hydrogen) atoms. The molecule has 0 N–H and O–H groups in total. The highest BCUT2D eigenvalue weighted by atomic mass is 79.9. The van der Waals surface area contributed by atoms with Crippen molar-refractivity contribution in [3.8, 4) is 0 Å². The molecule has 0 aliphatic rings. The third-order valence-corrected chi connectivity index (χ3v) is 3.86. The monoisotopic (exact) mass is 269 g/mol. The van der Waals surface area contributed by atoms with Crippen LogP contribution >= 0.6 is 27.5 Å². The Morgan fingerprint density at radius 1 is 1.29 bits per heavy atom. The fourth-order valence-corrected chi connectivity index (χ4v) is 2.07. The SMILES string of the molecule is Cc1nc2c(C)cccc2c(Cl)c1Br. The van der Waals surface area contributed by atoms with Crippen LogP contribution in [0.15, 0.2) is 22.7 Å². The van der Waals surface area contributed by atoms with E-state index in [1.807, 2.05) is 32.0 Å². The minimum Gasteiger partial charge on any atom is -0.252 e. The maximum absolute atomic E-state index is 6.22. The molecule has 0 fully saturated rings. The summed E-state index contributed by atoms with van der Waals surface area (Å²) in [6.45, 7) is 3.99. The highest BCUT2D eigenvalue weighted by molar-refractivity contribution is 9.10. The number of rotatable bonds is 0. The molecule has 0 unspecified atom stereocenters. The summed E-state index contributed by atoms with van der Waals surface area (Å²) in [7, 11) is 0. The van der Waals surface area contributed by atoms with Gasteiger partial charge in [-0.2, -0.15) is 0 Å². The lowest BCUT2D eigenvalue weighted by Crippen LogP contribution is -1.89. The summed E-state index contributed by atoms with van der Waals surface area (Å²) in [5.41, 5.74) is 3.06. The van der Waals surface area contributed by atoms with Gasteiger partial charge < -0.3 is 0 Å². The minimum absolute atomic E-state index is 0.746. The maximum atomic E-state index is 6.22. The van der Waals surface area contributed by atoms with Gasteiger partial charge in [-0.25, -0.2) is 0 Å². The second-order valence-corrected chi connectivity index (χ2v) is 4.47. The van der Waals surface area contributed by atoms with Crippen LogP contribution in [0.2, 0.25) is 5.02 Å². The fraction of sp³-hybridized carbons (Fsp3) is 0.182. The molecule has 2 aromatic rings. The van der Waals surface area contributed by atoms with Crippen LogP contribution in [-0.2, 0) is 0 Å². The van der Waals surface area contributed by atoms with Crippen LogP contribution in [0.25, 0.3) is 10.9 Å². The van der Waals surface area contributed by atoms with Crippen LogP contribution in [0.1, 0.15) is 11.3 Å². The van der Waals surface area contributed by atoms with Gasteiger partial charge in [0.25, 0.3) is 0 Å². The van der Waals surface area contributed by atoms with Crippen LogP contribution < -0.4 is 0 Å². The molecule has 0 bridgehead atoms. The van der Waals surface area contributed by atoms with Crippen molar-refractivity contribution < 1.29 is 0 Å². The third-order valence-electron chi connectivity index (χ3n) is 2.26. The molecule has 0 aliphatic carbocycles. The first-order valence-electron chi connectivity index (χ1n) is 4.32. The Morgan fingerprint density at radius 2 is 2.00 bits per heavy atom. The van der Waals surface area contributed by atoms with Gasteiger partial charge in [-0.15, -0.1) is 0 Å². The molecule has 0 atom stereocenters. The van der Waals surface area contributed by atoms with Crippen LogP contribution in [0.5, 0.6) is 0 Å². The van der Waals surface area contributed by atoms with Gasteiger partial charge in [-0.05, 0) is 35.3 Å². The van der Waals surface area contributed by atoms with Crippen LogP contribution in [-0.4, -0.2) is 4.98 Å². The highest BCUT2D eigenvalue weighted by Gasteiger charge is 2.09. The summed E-state index contributed by atoms with van der Waals surface area (Å²) < 4.78 is 0.886. The summed E-state index contributed by atoms with van der Waals surface area (Å²) in [5.74, 6) is 0. The van der Waals surface area contributed by atoms with E-state index in [4.69, 9.17) is 11.6 Å². The second-order valence-electron chi connectivity index (χ2n) is 3.30. The number of benzene rings is 1. The number of aromatic nitrogens is 1. The van der Waals surface area contributed by atoms with Gasteiger partial charge in [0.1, 0.15) is 0 Å². The molecular weight excluding hydrogens is 261 g/mol. The summed E-state index contributed by atoms with van der Waals surface area (Å²) in [6, 6.07) is 6.02. The van der Waals surface area contributed by atoms with E-state index in [2.05, 4.69) is 20.9 Å². The molecule has 0 aliphatic heterocycles. The van der Waals surface area contributed by atoms with Crippen molar-refractivity contribution in [1.82, 2.24) is 4.98 Å². The molecule has 1 heterocycles. The fourth-order valence-electron chi connectivity index (χ4n) is 1.48. The molecule has 0 saturated heterocycles. The van der Waals surface area contributed by atoms with Gasteiger partial charge in [-0.3, -0.25) is 4.98 Å². The molecular formula is C11H9BrClN. The quantitative estimate of drug-likeness (QED) is 0.697. The lowest BCUT2D eigenvalue weighted by atomic mass is 10.1. The zero-order valence-electron chi connectivity index (χ0n) is 7.94. The lowest BCUT2D eigenvalue weighted by Gasteiger charge is -2.07. The van der Waals surface area contributed by atoms with E-state index < -0.39 is 0 Å². The Balaban J connectivity index is 2.98. The average molecular weight is 271 g/mol. The number of nitrogens with zero attached hydrogens (tertiary/aromatic N) is 1. The maximum Gasteiger partial charge on any atom is 0.0750 e. The topological polar surface area (TPSA) is 12.9 Å². The molecule has 3 heteroatoms. The third kappa shape index (κ3) is 1.43. The van der Waals surface area contributed by atoms with Gasteiger partial charge in [-0.1, -0.05) is 29.8 Å². The minimum atomic E-state index is 0.746. The summed E-state index contributed by atoms with van der Waals surface area (Å²) in [6.07, 6.45) is 0. The van der Waals surface area contributed by atoms with E-state index in [0.717, 1.165) is 31.7 Å². The van der Waals surface area contributed by atoms with Crippen molar-refractivity contribution in [2.45, 2.75) is 13.8 Å². The van der Waals surface area contributed by atoms with Gasteiger partial charge in [0.15, 0.2) is 0 Å². The Labute approximate surface area is 96.2 Å². The Hall–Kier alpha value is -0.600. The van der Waals surface area contributed by atoms with Crippen molar-refractivity contribution in [2.75, 3.05) is 0 Å². The molecule has 1 nitrogen and oxygen atoms in total. The van der Waals surface area contributed by atoms with E-state index in [1.165, 1.54) is 0 Å². The van der Waals surface area contributed by atoms with Gasteiger partial charge in [0.05, 0.1) is 20.7 Å². The van der Waals surface area contributed by atoms with Crippen molar-refractivity contribution in [1.29, 1.82) is 0 Å². The van der Waals surface area contributed by atoms with Crippen molar-refractivity contribution in [2.24, 2.45) is 0 Å². The molecule has 72 valence electrons. The first kappa shape index (κ1) is 9.94. The zero-order valence-corrected chi connectivity index (χ0v) is 10.3. The number of para-hydroxylation sites is 1. The molecule has 0 spiro atoms. The van der Waals surface area contributed by atoms with E-state index in [0.29, 0.717) is 0 Å². The van der Waals surface area contributed by atoms with Crippen molar-refractivity contribution in [3.63, 3.8) is 0 Å². The number of pyridine rings is 1. The molecule has 0 radical (unpaired) electrons. The van der Waals surface area contributed by atoms with Crippen LogP contribution in [0.4, 0.5) is 0 Å². The van der Waals surface area contributed by atoms with Gasteiger partial charge in [0, 0.05) is 5.39 Å². The Kier molecular flexibility index (Phi) is 2.50. The van der Waals surface area contributed by atoms with E-state index >= 15 is 0 Å². The molecule has 0 amide bonds. The highest BCUT2D eigenvalue weighted by Crippen LogP contribution is 2.32. The van der Waals surface area contributed by atoms with E-state index in [9.17, 15) is 0 Å². The standard InChI is InChI=1S/C11H9BrClN/c1-6-4-3-5-8-10(13)9(12)7(2)14-11(6)8/h3-5H,1-2H3. The van der Waals surface area contributed by atoms with Crippen LogP contribution in [0.3, 0.4) is 0 Å². The predicted molar refractivity (Wildman–Crippen MR) is 63.9 cm³/mol. The average Bonchev–Trinajstić information content (AvgIpc) is 2.17. The largest absolute Gasteiger partial charge is 0.252 e. The Morgan fingerprint density at radius 3 is 2.71 bits per heavy atom. The van der Waals surface area contributed by atoms with Crippen molar-refractivity contribution >= 4 is 38.4 Å². The number of hydrogen-bond donors (Lipinski definition) is 0. The van der Waals surface area contributed by atoms with Crippen molar-refractivity contribution in [3.05, 3.63) is 39.0 Å². The molecule has 2 rings (SSSR count).